The van der Waals surface area contributed by atoms with E-state index in [9.17, 15) is 0 Å². The minimum Gasteiger partial charge on any atom is 0 e. The van der Waals surface area contributed by atoms with E-state index in [4.69, 9.17) is 0 Å². The van der Waals surface area contributed by atoms with Crippen LogP contribution in [0.15, 0.2) is 0 Å². The van der Waals surface area contributed by atoms with Crippen molar-refractivity contribution >= 4 is 0 Å². The summed E-state index contributed by atoms with van der Waals surface area (Å²) in [5.41, 5.74) is 0. The summed E-state index contributed by atoms with van der Waals surface area (Å²) in [6.45, 7) is 0. The summed E-state index contributed by atoms with van der Waals surface area (Å²) in [5, 5.41) is 0. The predicted octanol–water partition coefficient (Wildman–Crippen LogP) is -0.0100. The second kappa shape index (κ2) is 18.9. The standard InChI is InChI=1S/2Fe.Ni.W. The van der Waals surface area contributed by atoms with Gasteiger partial charge in [0.1, 0.15) is 0 Å². The monoisotopic (exact) mass is 354 g/mol. The van der Waals surface area contributed by atoms with Crippen molar-refractivity contribution in [3.63, 3.8) is 0 Å². The third-order valence-corrected chi connectivity index (χ3v) is 0. The van der Waals surface area contributed by atoms with Crippen LogP contribution in [0.4, 0.5) is 0 Å². The molecule has 0 nitrogen and oxygen atoms in total. The number of rotatable bonds is 0. The quantitative estimate of drug-likeness (QED) is 0.537. The molecule has 0 spiro atoms. The third-order valence-electron chi connectivity index (χ3n) is 0. The molecule has 0 unspecified atom stereocenters. The smallest absolute Gasteiger partial charge is 0 e. The Bertz CT molecular complexity index is 6.00. The van der Waals surface area contributed by atoms with Gasteiger partial charge >= 0.3 is 0 Å². The molecule has 0 bridgehead atoms. The van der Waals surface area contributed by atoms with Crippen LogP contribution in [0.3, 0.4) is 0 Å². The topological polar surface area (TPSA) is 0 Å². The fourth-order valence-corrected chi connectivity index (χ4v) is 0. The van der Waals surface area contributed by atoms with Crippen LogP contribution in [0.5, 0.6) is 0 Å². The molecule has 0 saturated heterocycles. The van der Waals surface area contributed by atoms with Crippen LogP contribution in [0.25, 0.3) is 0 Å². The second-order valence-electron chi connectivity index (χ2n) is 0. The summed E-state index contributed by atoms with van der Waals surface area (Å²) in [6, 6.07) is 0. The third kappa shape index (κ3) is 8.88. The van der Waals surface area contributed by atoms with Crippen LogP contribution in [0, 0.1) is 0 Å². The minimum absolute atomic E-state index is 0. The molecular weight excluding hydrogens is 354 g/mol. The molecule has 0 radical (unpaired) electrons. The molecular formula is Fe2NiW. The van der Waals surface area contributed by atoms with Crippen molar-refractivity contribution < 1.29 is 71.7 Å². The predicted molar refractivity (Wildman–Crippen MR) is 0 cm³/mol. The zero-order valence-corrected chi connectivity index (χ0v) is 7.56. The Kier molecular flexibility index (Phi) is 162. The maximum atomic E-state index is 0. The molecule has 0 aromatic carbocycles. The summed E-state index contributed by atoms with van der Waals surface area (Å²) >= 11 is 0. The van der Waals surface area contributed by atoms with Gasteiger partial charge in [0.2, 0.25) is 0 Å². The van der Waals surface area contributed by atoms with E-state index < -0.39 is 0 Å². The van der Waals surface area contributed by atoms with Gasteiger partial charge in [0.15, 0.2) is 0 Å². The molecule has 4 heteroatoms. The van der Waals surface area contributed by atoms with Gasteiger partial charge in [-0.25, -0.2) is 0 Å². The maximum absolute atomic E-state index is 0. The van der Waals surface area contributed by atoms with Crippen LogP contribution in [-0.4, -0.2) is 0 Å². The van der Waals surface area contributed by atoms with Gasteiger partial charge < -0.3 is 0 Å². The molecule has 0 N–H and O–H groups in total. The maximum Gasteiger partial charge on any atom is 0 e. The van der Waals surface area contributed by atoms with E-state index in [0.717, 1.165) is 0 Å². The van der Waals surface area contributed by atoms with Gasteiger partial charge in [-0.3, -0.25) is 0 Å². The van der Waals surface area contributed by atoms with E-state index >= 15 is 0 Å². The molecule has 0 rings (SSSR count). The molecule has 0 fully saturated rings. The van der Waals surface area contributed by atoms with Crippen molar-refractivity contribution in [3.05, 3.63) is 0 Å². The van der Waals surface area contributed by atoms with Crippen molar-refractivity contribution in [1.82, 2.24) is 0 Å². The summed E-state index contributed by atoms with van der Waals surface area (Å²) in [4.78, 5) is 0. The van der Waals surface area contributed by atoms with E-state index in [2.05, 4.69) is 0 Å². The van der Waals surface area contributed by atoms with Gasteiger partial charge in [0.05, 0.1) is 0 Å². The van der Waals surface area contributed by atoms with Crippen molar-refractivity contribution in [2.75, 3.05) is 0 Å². The van der Waals surface area contributed by atoms with Crippen LogP contribution in [-0.2, 0) is 71.7 Å². The van der Waals surface area contributed by atoms with Gasteiger partial charge in [-0.1, -0.05) is 0 Å². The zero-order valence-electron chi connectivity index (χ0n) is 1.43. The van der Waals surface area contributed by atoms with Gasteiger partial charge in [0, 0.05) is 71.7 Å². The fourth-order valence-electron chi connectivity index (χ4n) is 0. The largest absolute Gasteiger partial charge is 0 e. The molecule has 4 heavy (non-hydrogen) atoms. The molecule has 32 valence electrons. The Morgan fingerprint density at radius 2 is 0.750 bits per heavy atom. The Labute approximate surface area is 71.0 Å². The molecule has 0 saturated carbocycles. The Hall–Kier alpha value is 2.22. The van der Waals surface area contributed by atoms with E-state index in [1.54, 1.807) is 0 Å². The Balaban J connectivity index is 0. The van der Waals surface area contributed by atoms with Crippen molar-refractivity contribution in [2.24, 2.45) is 0 Å². The number of hydrogen-bond donors (Lipinski definition) is 0. The van der Waals surface area contributed by atoms with Gasteiger partial charge in [-0.15, -0.1) is 0 Å². The van der Waals surface area contributed by atoms with Crippen LogP contribution in [0.1, 0.15) is 0 Å². The molecule has 0 aliphatic rings. The van der Waals surface area contributed by atoms with Gasteiger partial charge in [-0.2, -0.15) is 0 Å². The molecule has 0 heterocycles. The van der Waals surface area contributed by atoms with Gasteiger partial charge in [0.25, 0.3) is 0 Å². The molecule has 0 aliphatic carbocycles. The molecule has 0 aliphatic heterocycles. The molecule has 0 amide bonds. The summed E-state index contributed by atoms with van der Waals surface area (Å²) in [7, 11) is 0. The Morgan fingerprint density at radius 1 is 0.750 bits per heavy atom. The van der Waals surface area contributed by atoms with Crippen LogP contribution < -0.4 is 0 Å². The first-order valence-electron chi connectivity index (χ1n) is 0. The first kappa shape index (κ1) is 34.4. The zero-order chi connectivity index (χ0) is 0. The van der Waals surface area contributed by atoms with E-state index in [1.165, 1.54) is 0 Å². The van der Waals surface area contributed by atoms with E-state index in [1.807, 2.05) is 0 Å². The van der Waals surface area contributed by atoms with Crippen molar-refractivity contribution in [3.8, 4) is 0 Å². The Morgan fingerprint density at radius 3 is 0.750 bits per heavy atom. The SMILES string of the molecule is [Fe].[Fe].[Ni].[W]. The van der Waals surface area contributed by atoms with Crippen LogP contribution in [0.2, 0.25) is 0 Å². The average molecular weight is 354 g/mol. The normalized spacial score (nSPS) is 0. The fraction of sp³-hybridized carbons (Fsp3) is 0. The van der Waals surface area contributed by atoms with Crippen molar-refractivity contribution in [1.29, 1.82) is 0 Å². The van der Waals surface area contributed by atoms with E-state index in [-0.39, 0.29) is 71.7 Å². The molecule has 0 atom stereocenters. The molecule has 0 aromatic heterocycles. The number of hydrogen-bond acceptors (Lipinski definition) is 0. The van der Waals surface area contributed by atoms with Gasteiger partial charge in [-0.05, 0) is 0 Å². The first-order chi connectivity index (χ1) is 0. The van der Waals surface area contributed by atoms with Crippen LogP contribution >= 0.6 is 0 Å². The molecule has 0 aromatic rings. The summed E-state index contributed by atoms with van der Waals surface area (Å²) < 4.78 is 0. The summed E-state index contributed by atoms with van der Waals surface area (Å²) in [6.07, 6.45) is 0. The average Bonchev–Trinajstić information content (AvgIpc) is 0. The first-order valence-corrected chi connectivity index (χ1v) is 0. The van der Waals surface area contributed by atoms with Crippen molar-refractivity contribution in [2.45, 2.75) is 0 Å². The second-order valence-corrected chi connectivity index (χ2v) is 0. The van der Waals surface area contributed by atoms with E-state index in [0.29, 0.717) is 0 Å². The summed E-state index contributed by atoms with van der Waals surface area (Å²) in [5.74, 6) is 0. The minimum atomic E-state index is 0.